The molecule has 0 saturated carbocycles. The van der Waals surface area contributed by atoms with Crippen LogP contribution in [0.2, 0.25) is 0 Å². The molecule has 10 nitrogen and oxygen atoms in total. The number of nitrogens with one attached hydrogen (secondary N) is 1. The van der Waals surface area contributed by atoms with E-state index >= 15 is 0 Å². The minimum Gasteiger partial charge on any atom is -0.465 e. The van der Waals surface area contributed by atoms with Gasteiger partial charge < -0.3 is 10.1 Å². The van der Waals surface area contributed by atoms with Gasteiger partial charge in [-0.3, -0.25) is 10.1 Å². The maximum Gasteiger partial charge on any atom is 0.339 e. The number of hydrogen-bond acceptors (Lipinski definition) is 8. The number of methoxy groups -OCH3 is 1. The van der Waals surface area contributed by atoms with Gasteiger partial charge in [0.05, 0.1) is 29.3 Å². The van der Waals surface area contributed by atoms with Crippen molar-refractivity contribution < 1.29 is 14.5 Å². The quantitative estimate of drug-likeness (QED) is 0.400. The van der Waals surface area contributed by atoms with Gasteiger partial charge in [-0.1, -0.05) is 12.1 Å². The van der Waals surface area contributed by atoms with Crippen molar-refractivity contribution in [2.24, 2.45) is 0 Å². The molecule has 0 amide bonds. The van der Waals surface area contributed by atoms with Gasteiger partial charge in [-0.25, -0.2) is 19.4 Å². The molecule has 138 valence electrons. The lowest BCUT2D eigenvalue weighted by Gasteiger charge is -2.15. The molecule has 0 aliphatic rings. The van der Waals surface area contributed by atoms with E-state index in [1.54, 1.807) is 11.0 Å². The van der Waals surface area contributed by atoms with Crippen LogP contribution in [-0.2, 0) is 4.74 Å². The Morgan fingerprint density at radius 1 is 1.33 bits per heavy atom. The molecule has 2 heterocycles. The summed E-state index contributed by atoms with van der Waals surface area (Å²) in [7, 11) is 1.20. The number of carbonyl (C=O) groups is 1. The van der Waals surface area contributed by atoms with Gasteiger partial charge in [0.25, 0.3) is 0 Å². The largest absolute Gasteiger partial charge is 0.465 e. The maximum absolute atomic E-state index is 11.6. The Kier molecular flexibility index (Phi) is 5.06. The highest BCUT2D eigenvalue weighted by Gasteiger charge is 2.21. The van der Waals surface area contributed by atoms with Crippen molar-refractivity contribution in [1.29, 1.82) is 0 Å². The first-order chi connectivity index (χ1) is 13.0. The number of anilines is 1. The van der Waals surface area contributed by atoms with Gasteiger partial charge in [0, 0.05) is 12.3 Å². The Labute approximate surface area is 154 Å². The van der Waals surface area contributed by atoms with Gasteiger partial charge >= 0.3 is 11.7 Å². The molecular formula is C17H16N6O4. The Morgan fingerprint density at radius 3 is 2.67 bits per heavy atom. The summed E-state index contributed by atoms with van der Waals surface area (Å²) in [5, 5.41) is 18.4. The second-order valence-electron chi connectivity index (χ2n) is 5.64. The van der Waals surface area contributed by atoms with Gasteiger partial charge in [0.1, 0.15) is 12.7 Å². The third-order valence-electron chi connectivity index (χ3n) is 3.91. The van der Waals surface area contributed by atoms with Crippen LogP contribution in [0.15, 0.2) is 49.2 Å². The zero-order valence-corrected chi connectivity index (χ0v) is 14.6. The molecular weight excluding hydrogens is 352 g/mol. The number of rotatable bonds is 6. The van der Waals surface area contributed by atoms with E-state index in [4.69, 9.17) is 0 Å². The van der Waals surface area contributed by atoms with Crippen molar-refractivity contribution in [2.75, 3.05) is 12.4 Å². The zero-order chi connectivity index (χ0) is 19.4. The van der Waals surface area contributed by atoms with E-state index in [1.165, 1.54) is 19.6 Å². The molecule has 1 unspecified atom stereocenters. The third-order valence-corrected chi connectivity index (χ3v) is 3.91. The molecule has 1 atom stereocenters. The monoisotopic (exact) mass is 368 g/mol. The number of esters is 1. The summed E-state index contributed by atoms with van der Waals surface area (Å²) in [6.07, 6.45) is 4.27. The first kappa shape index (κ1) is 18.0. The van der Waals surface area contributed by atoms with Crippen molar-refractivity contribution in [3.63, 3.8) is 0 Å². The summed E-state index contributed by atoms with van der Waals surface area (Å²) in [4.78, 5) is 30.2. The smallest absolute Gasteiger partial charge is 0.339 e. The minimum absolute atomic E-state index is 0.0135. The summed E-state index contributed by atoms with van der Waals surface area (Å²) in [6.45, 7) is 1.85. The molecule has 0 radical (unpaired) electrons. The number of benzene rings is 1. The maximum atomic E-state index is 11.6. The van der Waals surface area contributed by atoms with Gasteiger partial charge in [-0.2, -0.15) is 5.10 Å². The molecule has 27 heavy (non-hydrogen) atoms. The molecule has 0 aliphatic heterocycles. The van der Waals surface area contributed by atoms with Crippen molar-refractivity contribution in [1.82, 2.24) is 19.7 Å². The lowest BCUT2D eigenvalue weighted by molar-refractivity contribution is -0.384. The molecule has 10 heteroatoms. The van der Waals surface area contributed by atoms with Crippen LogP contribution in [0.25, 0.3) is 5.69 Å². The second kappa shape index (κ2) is 7.60. The fourth-order valence-electron chi connectivity index (χ4n) is 2.48. The first-order valence-electron chi connectivity index (χ1n) is 7.94. The van der Waals surface area contributed by atoms with Crippen LogP contribution in [0.5, 0.6) is 0 Å². The molecule has 0 bridgehead atoms. The van der Waals surface area contributed by atoms with Crippen LogP contribution in [0.4, 0.5) is 11.5 Å². The van der Waals surface area contributed by atoms with E-state index in [9.17, 15) is 14.9 Å². The van der Waals surface area contributed by atoms with E-state index in [0.29, 0.717) is 0 Å². The lowest BCUT2D eigenvalue weighted by atomic mass is 10.1. The van der Waals surface area contributed by atoms with Crippen LogP contribution in [0.1, 0.15) is 28.9 Å². The standard InChI is InChI=1S/C17H16N6O4/c1-11(12-3-5-14(6-4-12)22-10-18-9-20-22)21-16-15(23(25)26)7-13(8-19-16)17(24)27-2/h3-11H,1-2H3,(H,19,21). The van der Waals surface area contributed by atoms with Crippen LogP contribution >= 0.6 is 0 Å². The molecule has 1 N–H and O–H groups in total. The lowest BCUT2D eigenvalue weighted by Crippen LogP contribution is -2.11. The molecule has 1 aromatic carbocycles. The number of pyridine rings is 1. The van der Waals surface area contributed by atoms with Crippen LogP contribution < -0.4 is 5.32 Å². The predicted octanol–water partition coefficient (Wildman–Crippen LogP) is 2.53. The average Bonchev–Trinajstić information content (AvgIpc) is 3.22. The Bertz CT molecular complexity index is 956. The van der Waals surface area contributed by atoms with Crippen molar-refractivity contribution >= 4 is 17.5 Å². The van der Waals surface area contributed by atoms with E-state index in [2.05, 4.69) is 25.1 Å². The highest BCUT2D eigenvalue weighted by molar-refractivity contribution is 5.90. The number of aromatic nitrogens is 4. The highest BCUT2D eigenvalue weighted by atomic mass is 16.6. The molecule has 0 spiro atoms. The topological polar surface area (TPSA) is 125 Å². The molecule has 2 aromatic heterocycles. The van der Waals surface area contributed by atoms with Crippen molar-refractivity contribution in [3.05, 3.63) is 70.4 Å². The molecule has 0 saturated heterocycles. The van der Waals surface area contributed by atoms with Crippen LogP contribution in [0, 0.1) is 10.1 Å². The summed E-state index contributed by atoms with van der Waals surface area (Å²) in [5.41, 5.74) is 1.45. The van der Waals surface area contributed by atoms with Gasteiger partial charge in [0.2, 0.25) is 5.82 Å². The molecule has 0 aliphatic carbocycles. The van der Waals surface area contributed by atoms with Gasteiger partial charge in [-0.15, -0.1) is 0 Å². The number of ether oxygens (including phenoxy) is 1. The van der Waals surface area contributed by atoms with E-state index in [0.717, 1.165) is 17.3 Å². The number of nitro groups is 1. The second-order valence-corrected chi connectivity index (χ2v) is 5.64. The zero-order valence-electron chi connectivity index (χ0n) is 14.6. The summed E-state index contributed by atoms with van der Waals surface area (Å²) in [5.74, 6) is -0.616. The first-order valence-corrected chi connectivity index (χ1v) is 7.94. The van der Waals surface area contributed by atoms with Gasteiger partial charge in [-0.05, 0) is 24.6 Å². The fourth-order valence-corrected chi connectivity index (χ4v) is 2.48. The Morgan fingerprint density at radius 2 is 2.07 bits per heavy atom. The average molecular weight is 368 g/mol. The van der Waals surface area contributed by atoms with E-state index in [-0.39, 0.29) is 23.1 Å². The Hall–Kier alpha value is -3.82. The third kappa shape index (κ3) is 3.89. The SMILES string of the molecule is COC(=O)c1cnc(NC(C)c2ccc(-n3cncn3)cc2)c([N+](=O)[O-])c1. The molecule has 3 aromatic rings. The highest BCUT2D eigenvalue weighted by Crippen LogP contribution is 2.27. The summed E-state index contributed by atoms with van der Waals surface area (Å²) < 4.78 is 6.19. The molecule has 3 rings (SSSR count). The minimum atomic E-state index is -0.686. The van der Waals surface area contributed by atoms with E-state index in [1.807, 2.05) is 31.2 Å². The number of hydrogen-bond donors (Lipinski definition) is 1. The summed E-state index contributed by atoms with van der Waals surface area (Å²) in [6, 6.07) is 8.37. The number of carbonyl (C=O) groups excluding carboxylic acids is 1. The normalized spacial score (nSPS) is 11.6. The van der Waals surface area contributed by atoms with Crippen LogP contribution in [-0.4, -0.2) is 37.8 Å². The van der Waals surface area contributed by atoms with Crippen molar-refractivity contribution in [3.8, 4) is 5.69 Å². The summed E-state index contributed by atoms with van der Waals surface area (Å²) >= 11 is 0. The number of nitrogens with zero attached hydrogens (tertiary/aromatic N) is 5. The molecule has 0 fully saturated rings. The fraction of sp³-hybridized carbons (Fsp3) is 0.176. The Balaban J connectivity index is 1.81. The van der Waals surface area contributed by atoms with Gasteiger partial charge in [0.15, 0.2) is 0 Å². The van der Waals surface area contributed by atoms with E-state index < -0.39 is 10.9 Å². The predicted molar refractivity (Wildman–Crippen MR) is 95.6 cm³/mol. The van der Waals surface area contributed by atoms with Crippen LogP contribution in [0.3, 0.4) is 0 Å². The van der Waals surface area contributed by atoms with Crippen molar-refractivity contribution in [2.45, 2.75) is 13.0 Å².